The summed E-state index contributed by atoms with van der Waals surface area (Å²) in [5, 5.41) is 0. The van der Waals surface area contributed by atoms with Crippen LogP contribution in [0, 0.1) is 11.8 Å². The highest BCUT2D eigenvalue weighted by Crippen LogP contribution is 2.36. The topological polar surface area (TPSA) is 78.3 Å². The van der Waals surface area contributed by atoms with Gasteiger partial charge < -0.3 is 16.2 Å². The van der Waals surface area contributed by atoms with Crippen molar-refractivity contribution in [2.75, 3.05) is 6.54 Å². The van der Waals surface area contributed by atoms with E-state index in [9.17, 15) is 4.79 Å². The van der Waals surface area contributed by atoms with Crippen LogP contribution in [0.1, 0.15) is 39.5 Å². The lowest BCUT2D eigenvalue weighted by atomic mass is 9.91. The summed E-state index contributed by atoms with van der Waals surface area (Å²) in [5.41, 5.74) is 10.2. The molecule has 1 fully saturated rings. The third kappa shape index (κ3) is 4.08. The Morgan fingerprint density at radius 2 is 2.00 bits per heavy atom. The second kappa shape index (κ2) is 4.84. The monoisotopic (exact) mass is 214 g/mol. The summed E-state index contributed by atoms with van der Waals surface area (Å²) in [5.74, 6) is 1.27. The average Bonchev–Trinajstić information content (AvgIpc) is 2.48. The van der Waals surface area contributed by atoms with Gasteiger partial charge >= 0.3 is 6.09 Å². The molecule has 0 aromatic rings. The van der Waals surface area contributed by atoms with Crippen LogP contribution < -0.4 is 11.5 Å². The van der Waals surface area contributed by atoms with Crippen molar-refractivity contribution in [2.24, 2.45) is 23.3 Å². The normalized spacial score (nSPS) is 26.6. The molecule has 4 N–H and O–H groups in total. The number of ether oxygens (including phenoxy) is 1. The molecule has 88 valence electrons. The van der Waals surface area contributed by atoms with Crippen molar-refractivity contribution in [3.63, 3.8) is 0 Å². The molecule has 0 aliphatic heterocycles. The first-order valence-corrected chi connectivity index (χ1v) is 5.61. The highest BCUT2D eigenvalue weighted by molar-refractivity contribution is 5.65. The van der Waals surface area contributed by atoms with Crippen LogP contribution in [-0.4, -0.2) is 18.2 Å². The van der Waals surface area contributed by atoms with E-state index in [4.69, 9.17) is 16.2 Å². The summed E-state index contributed by atoms with van der Waals surface area (Å²) in [6.45, 7) is 4.59. The van der Waals surface area contributed by atoms with E-state index in [0.717, 1.165) is 19.4 Å². The van der Waals surface area contributed by atoms with Crippen LogP contribution in [0.15, 0.2) is 0 Å². The first-order chi connectivity index (χ1) is 6.93. The van der Waals surface area contributed by atoms with Gasteiger partial charge in [-0.25, -0.2) is 4.79 Å². The molecule has 1 saturated carbocycles. The van der Waals surface area contributed by atoms with Crippen molar-refractivity contribution in [3.8, 4) is 0 Å². The Morgan fingerprint density at radius 1 is 1.40 bits per heavy atom. The predicted molar refractivity (Wildman–Crippen MR) is 59.2 cm³/mol. The van der Waals surface area contributed by atoms with Crippen LogP contribution in [0.2, 0.25) is 0 Å². The Kier molecular flexibility index (Phi) is 3.97. The van der Waals surface area contributed by atoms with Gasteiger partial charge in [-0.15, -0.1) is 0 Å². The maximum atomic E-state index is 10.7. The molecule has 1 aliphatic rings. The molecule has 0 radical (unpaired) electrons. The highest BCUT2D eigenvalue weighted by Gasteiger charge is 2.31. The minimum Gasteiger partial charge on any atom is -0.444 e. The van der Waals surface area contributed by atoms with Crippen LogP contribution in [0.4, 0.5) is 4.79 Å². The maximum absolute atomic E-state index is 10.7. The van der Waals surface area contributed by atoms with Gasteiger partial charge in [-0.05, 0) is 57.9 Å². The minimum atomic E-state index is -0.687. The number of hydrogen-bond acceptors (Lipinski definition) is 3. The number of primary amides is 1. The molecular formula is C11H22N2O2. The van der Waals surface area contributed by atoms with E-state index in [1.54, 1.807) is 0 Å². The fourth-order valence-electron chi connectivity index (χ4n) is 2.59. The quantitative estimate of drug-likeness (QED) is 0.746. The molecule has 0 aromatic carbocycles. The first kappa shape index (κ1) is 12.3. The van der Waals surface area contributed by atoms with Crippen molar-refractivity contribution in [1.29, 1.82) is 0 Å². The zero-order valence-corrected chi connectivity index (χ0v) is 9.66. The average molecular weight is 214 g/mol. The smallest absolute Gasteiger partial charge is 0.405 e. The van der Waals surface area contributed by atoms with E-state index in [1.807, 2.05) is 13.8 Å². The molecule has 4 nitrogen and oxygen atoms in total. The molecule has 1 rings (SSSR count). The Labute approximate surface area is 91.3 Å². The van der Waals surface area contributed by atoms with Crippen molar-refractivity contribution in [3.05, 3.63) is 0 Å². The fraction of sp³-hybridized carbons (Fsp3) is 0.909. The van der Waals surface area contributed by atoms with E-state index in [-0.39, 0.29) is 0 Å². The van der Waals surface area contributed by atoms with E-state index in [1.165, 1.54) is 12.8 Å². The predicted octanol–water partition coefficient (Wildman–Crippen LogP) is 1.63. The maximum Gasteiger partial charge on any atom is 0.405 e. The molecule has 0 saturated heterocycles. The van der Waals surface area contributed by atoms with Gasteiger partial charge in [0.15, 0.2) is 0 Å². The molecule has 1 aliphatic carbocycles. The van der Waals surface area contributed by atoms with Crippen molar-refractivity contribution in [1.82, 2.24) is 0 Å². The summed E-state index contributed by atoms with van der Waals surface area (Å²) in [4.78, 5) is 10.7. The second-order valence-corrected chi connectivity index (χ2v) is 5.17. The standard InChI is InChI=1S/C11H22N2O2/c1-11(2,15-10(13)14)6-8-3-4-9(5-8)7-12/h8-9H,3-7,12H2,1-2H3,(H2,13,14). The number of amides is 1. The molecule has 1 amide bonds. The first-order valence-electron chi connectivity index (χ1n) is 5.61. The van der Waals surface area contributed by atoms with Crippen LogP contribution in [0.25, 0.3) is 0 Å². The summed E-state index contributed by atoms with van der Waals surface area (Å²) in [6.07, 6.45) is 3.74. The Morgan fingerprint density at radius 3 is 2.47 bits per heavy atom. The molecule has 0 bridgehead atoms. The van der Waals surface area contributed by atoms with Gasteiger partial charge in [0.1, 0.15) is 5.60 Å². The summed E-state index contributed by atoms with van der Waals surface area (Å²) < 4.78 is 5.08. The van der Waals surface area contributed by atoms with E-state index >= 15 is 0 Å². The van der Waals surface area contributed by atoms with Crippen molar-refractivity contribution >= 4 is 6.09 Å². The lowest BCUT2D eigenvalue weighted by Crippen LogP contribution is -2.33. The van der Waals surface area contributed by atoms with E-state index in [2.05, 4.69) is 0 Å². The molecule has 0 spiro atoms. The molecule has 0 aromatic heterocycles. The van der Waals surface area contributed by atoms with Gasteiger partial charge in [0.2, 0.25) is 0 Å². The van der Waals surface area contributed by atoms with Crippen molar-refractivity contribution in [2.45, 2.75) is 45.1 Å². The zero-order chi connectivity index (χ0) is 11.5. The van der Waals surface area contributed by atoms with Gasteiger partial charge in [-0.2, -0.15) is 0 Å². The number of rotatable bonds is 4. The van der Waals surface area contributed by atoms with Gasteiger partial charge in [0.05, 0.1) is 0 Å². The van der Waals surface area contributed by atoms with Gasteiger partial charge in [-0.3, -0.25) is 0 Å². The SMILES string of the molecule is CC(C)(CC1CCC(CN)C1)OC(N)=O. The van der Waals surface area contributed by atoms with Crippen molar-refractivity contribution < 1.29 is 9.53 Å². The van der Waals surface area contributed by atoms with Crippen LogP contribution in [-0.2, 0) is 4.74 Å². The molecule has 2 atom stereocenters. The summed E-state index contributed by atoms with van der Waals surface area (Å²) in [6, 6.07) is 0. The number of carbonyl (C=O) groups excluding carboxylic acids is 1. The van der Waals surface area contributed by atoms with Crippen LogP contribution in [0.3, 0.4) is 0 Å². The number of nitrogens with two attached hydrogens (primary N) is 2. The largest absolute Gasteiger partial charge is 0.444 e. The van der Waals surface area contributed by atoms with Gasteiger partial charge in [-0.1, -0.05) is 0 Å². The lowest BCUT2D eigenvalue weighted by Gasteiger charge is -2.27. The Hall–Kier alpha value is -0.770. The van der Waals surface area contributed by atoms with E-state index in [0.29, 0.717) is 11.8 Å². The fourth-order valence-corrected chi connectivity index (χ4v) is 2.59. The highest BCUT2D eigenvalue weighted by atomic mass is 16.6. The van der Waals surface area contributed by atoms with Gasteiger partial charge in [0, 0.05) is 0 Å². The second-order valence-electron chi connectivity index (χ2n) is 5.17. The zero-order valence-electron chi connectivity index (χ0n) is 9.66. The minimum absolute atomic E-state index is 0.444. The molecule has 15 heavy (non-hydrogen) atoms. The molecule has 0 heterocycles. The Bertz CT molecular complexity index is 229. The molecule has 4 heteroatoms. The van der Waals surface area contributed by atoms with Crippen LogP contribution in [0.5, 0.6) is 0 Å². The van der Waals surface area contributed by atoms with Crippen LogP contribution >= 0.6 is 0 Å². The summed E-state index contributed by atoms with van der Waals surface area (Å²) >= 11 is 0. The number of hydrogen-bond donors (Lipinski definition) is 2. The molecular weight excluding hydrogens is 192 g/mol. The lowest BCUT2D eigenvalue weighted by molar-refractivity contribution is 0.0268. The summed E-state index contributed by atoms with van der Waals surface area (Å²) in [7, 11) is 0. The van der Waals surface area contributed by atoms with E-state index < -0.39 is 11.7 Å². The number of carbonyl (C=O) groups is 1. The third-order valence-corrected chi connectivity index (χ3v) is 3.14. The third-order valence-electron chi connectivity index (χ3n) is 3.14. The Balaban J connectivity index is 2.37. The molecule has 2 unspecified atom stereocenters. The van der Waals surface area contributed by atoms with Gasteiger partial charge in [0.25, 0.3) is 0 Å².